The second-order valence-corrected chi connectivity index (χ2v) is 5.12. The summed E-state index contributed by atoms with van der Waals surface area (Å²) in [6.45, 7) is 0. The molecular formula is C16H15NO3. The molecule has 0 saturated carbocycles. The van der Waals surface area contributed by atoms with Crippen LogP contribution in [0.3, 0.4) is 0 Å². The molecule has 3 rings (SSSR count). The number of fused-ring (bicyclic) bond motifs is 3. The van der Waals surface area contributed by atoms with Crippen molar-refractivity contribution in [3.63, 3.8) is 0 Å². The number of carbonyl (C=O) groups excluding carboxylic acids is 2. The van der Waals surface area contributed by atoms with Crippen molar-refractivity contribution in [2.75, 3.05) is 7.11 Å². The van der Waals surface area contributed by atoms with Crippen molar-refractivity contribution < 1.29 is 14.3 Å². The molecule has 102 valence electrons. The molecule has 1 aliphatic carbocycles. The molecule has 2 N–H and O–H groups in total. The predicted octanol–water partition coefficient (Wildman–Crippen LogP) is 2.08. The number of primary amides is 1. The number of rotatable bonds is 3. The molecule has 1 atom stereocenters. The summed E-state index contributed by atoms with van der Waals surface area (Å²) in [5.41, 5.74) is 6.92. The zero-order valence-corrected chi connectivity index (χ0v) is 11.2. The molecule has 20 heavy (non-hydrogen) atoms. The first-order valence-corrected chi connectivity index (χ1v) is 6.52. The first-order valence-electron chi connectivity index (χ1n) is 6.52. The molecule has 4 heteroatoms. The highest BCUT2D eigenvalue weighted by molar-refractivity contribution is 6.13. The van der Waals surface area contributed by atoms with Crippen molar-refractivity contribution in [2.45, 2.75) is 12.8 Å². The van der Waals surface area contributed by atoms with Gasteiger partial charge in [-0.1, -0.05) is 18.2 Å². The summed E-state index contributed by atoms with van der Waals surface area (Å²) in [7, 11) is 1.60. The molecule has 0 unspecified atom stereocenters. The number of methoxy groups -OCH3 is 1. The fourth-order valence-electron chi connectivity index (χ4n) is 2.90. The van der Waals surface area contributed by atoms with Crippen LogP contribution in [0.4, 0.5) is 0 Å². The van der Waals surface area contributed by atoms with Crippen LogP contribution in [0.15, 0.2) is 30.3 Å². The Balaban J connectivity index is 2.13. The molecule has 1 aliphatic rings. The predicted molar refractivity (Wildman–Crippen MR) is 75.8 cm³/mol. The second-order valence-electron chi connectivity index (χ2n) is 5.12. The van der Waals surface area contributed by atoms with E-state index in [1.165, 1.54) is 0 Å². The van der Waals surface area contributed by atoms with Crippen LogP contribution < -0.4 is 10.5 Å². The highest BCUT2D eigenvalue weighted by Gasteiger charge is 2.32. The van der Waals surface area contributed by atoms with Crippen LogP contribution in [0.2, 0.25) is 0 Å². The van der Waals surface area contributed by atoms with E-state index in [0.717, 1.165) is 22.1 Å². The van der Waals surface area contributed by atoms with Crippen molar-refractivity contribution in [2.24, 2.45) is 11.7 Å². The molecule has 0 saturated heterocycles. The Kier molecular flexibility index (Phi) is 2.93. The molecule has 0 fully saturated rings. The lowest BCUT2D eigenvalue weighted by atomic mass is 9.98. The van der Waals surface area contributed by atoms with Crippen LogP contribution in [-0.2, 0) is 11.2 Å². The first-order chi connectivity index (χ1) is 9.60. The van der Waals surface area contributed by atoms with E-state index in [1.54, 1.807) is 7.11 Å². The SMILES string of the molecule is COc1ccc2ccc3c(c2c1)C(=O)[C@@H](CC(N)=O)C3. The number of hydrogen-bond donors (Lipinski definition) is 1. The highest BCUT2D eigenvalue weighted by Crippen LogP contribution is 2.35. The van der Waals surface area contributed by atoms with Crippen LogP contribution in [0.5, 0.6) is 5.75 Å². The molecule has 1 amide bonds. The van der Waals surface area contributed by atoms with Gasteiger partial charge in [-0.2, -0.15) is 0 Å². The molecule has 0 heterocycles. The third-order valence-electron chi connectivity index (χ3n) is 3.85. The highest BCUT2D eigenvalue weighted by atomic mass is 16.5. The monoisotopic (exact) mass is 269 g/mol. The molecule has 0 bridgehead atoms. The van der Waals surface area contributed by atoms with Crippen molar-refractivity contribution in [3.8, 4) is 5.75 Å². The quantitative estimate of drug-likeness (QED) is 0.927. The van der Waals surface area contributed by atoms with Crippen LogP contribution >= 0.6 is 0 Å². The third kappa shape index (κ3) is 1.93. The molecule has 0 radical (unpaired) electrons. The molecular weight excluding hydrogens is 254 g/mol. The van der Waals surface area contributed by atoms with E-state index in [0.29, 0.717) is 12.0 Å². The normalized spacial score (nSPS) is 17.2. The van der Waals surface area contributed by atoms with E-state index < -0.39 is 5.91 Å². The van der Waals surface area contributed by atoms with Gasteiger partial charge in [0.1, 0.15) is 5.75 Å². The first kappa shape index (κ1) is 12.7. The smallest absolute Gasteiger partial charge is 0.218 e. The summed E-state index contributed by atoms with van der Waals surface area (Å²) in [6, 6.07) is 9.63. The Labute approximate surface area is 116 Å². The fourth-order valence-corrected chi connectivity index (χ4v) is 2.90. The number of amides is 1. The van der Waals surface area contributed by atoms with Crippen molar-refractivity contribution >= 4 is 22.5 Å². The van der Waals surface area contributed by atoms with Crippen LogP contribution in [0, 0.1) is 5.92 Å². The number of nitrogens with two attached hydrogens (primary N) is 1. The Hall–Kier alpha value is -2.36. The maximum absolute atomic E-state index is 12.5. The molecule has 2 aromatic carbocycles. The summed E-state index contributed by atoms with van der Waals surface area (Å²) in [6.07, 6.45) is 0.698. The minimum Gasteiger partial charge on any atom is -0.497 e. The van der Waals surface area contributed by atoms with Gasteiger partial charge in [-0.05, 0) is 34.9 Å². The molecule has 4 nitrogen and oxygen atoms in total. The van der Waals surface area contributed by atoms with E-state index in [2.05, 4.69) is 0 Å². The number of ketones is 1. The summed E-state index contributed by atoms with van der Waals surface area (Å²) in [5, 5.41) is 1.89. The van der Waals surface area contributed by atoms with Gasteiger partial charge >= 0.3 is 0 Å². The largest absolute Gasteiger partial charge is 0.497 e. The van der Waals surface area contributed by atoms with Gasteiger partial charge in [0.15, 0.2) is 5.78 Å². The van der Waals surface area contributed by atoms with Crippen molar-refractivity contribution in [3.05, 3.63) is 41.5 Å². The minimum absolute atomic E-state index is 0.0117. The summed E-state index contributed by atoms with van der Waals surface area (Å²) in [4.78, 5) is 23.6. The van der Waals surface area contributed by atoms with Gasteiger partial charge in [0.25, 0.3) is 0 Å². The number of carbonyl (C=O) groups is 2. The topological polar surface area (TPSA) is 69.4 Å². The molecule has 2 aromatic rings. The Morgan fingerprint density at radius 3 is 2.80 bits per heavy atom. The molecule has 0 aromatic heterocycles. The van der Waals surface area contributed by atoms with Gasteiger partial charge in [0.2, 0.25) is 5.91 Å². The lowest BCUT2D eigenvalue weighted by Gasteiger charge is -2.07. The minimum atomic E-state index is -0.432. The van der Waals surface area contributed by atoms with E-state index in [9.17, 15) is 9.59 Å². The van der Waals surface area contributed by atoms with E-state index in [1.807, 2.05) is 30.3 Å². The van der Waals surface area contributed by atoms with E-state index >= 15 is 0 Å². The average molecular weight is 269 g/mol. The zero-order valence-electron chi connectivity index (χ0n) is 11.2. The maximum atomic E-state index is 12.5. The van der Waals surface area contributed by atoms with Gasteiger partial charge in [-0.15, -0.1) is 0 Å². The van der Waals surface area contributed by atoms with Crippen molar-refractivity contribution in [1.29, 1.82) is 0 Å². The zero-order chi connectivity index (χ0) is 14.3. The number of ether oxygens (including phenoxy) is 1. The lowest BCUT2D eigenvalue weighted by molar-refractivity contribution is -0.118. The van der Waals surface area contributed by atoms with Gasteiger partial charge in [-0.25, -0.2) is 0 Å². The van der Waals surface area contributed by atoms with Crippen LogP contribution in [0.25, 0.3) is 10.8 Å². The van der Waals surface area contributed by atoms with Gasteiger partial charge in [0, 0.05) is 17.9 Å². The number of Topliss-reactive ketones (excluding diaryl/α,β-unsaturated/α-hetero) is 1. The lowest BCUT2D eigenvalue weighted by Crippen LogP contribution is -2.20. The molecule has 0 spiro atoms. The Morgan fingerprint density at radius 1 is 1.35 bits per heavy atom. The maximum Gasteiger partial charge on any atom is 0.218 e. The van der Waals surface area contributed by atoms with Crippen LogP contribution in [0.1, 0.15) is 22.3 Å². The Bertz CT molecular complexity index is 721. The van der Waals surface area contributed by atoms with E-state index in [-0.39, 0.29) is 18.1 Å². The van der Waals surface area contributed by atoms with Gasteiger partial charge in [-0.3, -0.25) is 9.59 Å². The van der Waals surface area contributed by atoms with Gasteiger partial charge < -0.3 is 10.5 Å². The summed E-state index contributed by atoms with van der Waals surface area (Å²) >= 11 is 0. The van der Waals surface area contributed by atoms with E-state index in [4.69, 9.17) is 10.5 Å². The molecule has 0 aliphatic heterocycles. The van der Waals surface area contributed by atoms with Gasteiger partial charge in [0.05, 0.1) is 7.11 Å². The average Bonchev–Trinajstić information content (AvgIpc) is 2.74. The summed E-state index contributed by atoms with van der Waals surface area (Å²) in [5.74, 6) is -0.0213. The second kappa shape index (κ2) is 4.63. The standard InChI is InChI=1S/C16H15NO3/c1-20-12-5-4-9-2-3-10-6-11(7-14(17)18)16(19)15(10)13(9)8-12/h2-5,8,11H,6-7H2,1H3,(H2,17,18)/t11-/m1/s1. The number of benzene rings is 2. The van der Waals surface area contributed by atoms with Crippen LogP contribution in [-0.4, -0.2) is 18.8 Å². The Morgan fingerprint density at radius 2 is 2.10 bits per heavy atom. The number of hydrogen-bond acceptors (Lipinski definition) is 3. The fraction of sp³-hybridized carbons (Fsp3) is 0.250. The third-order valence-corrected chi connectivity index (χ3v) is 3.85. The van der Waals surface area contributed by atoms with Crippen molar-refractivity contribution in [1.82, 2.24) is 0 Å². The summed E-state index contributed by atoms with van der Waals surface area (Å²) < 4.78 is 5.22.